The maximum absolute atomic E-state index is 14.1. The van der Waals surface area contributed by atoms with Crippen molar-refractivity contribution in [2.45, 2.75) is 39.2 Å². The van der Waals surface area contributed by atoms with Crippen molar-refractivity contribution < 1.29 is 22.7 Å². The Bertz CT molecular complexity index is 1850. The Labute approximate surface area is 264 Å². The minimum atomic E-state index is -4.21. The molecular weight excluding hydrogens is 593 g/mol. The third-order valence-corrected chi connectivity index (χ3v) is 8.16. The molecule has 0 N–H and O–H groups in total. The minimum Gasteiger partial charge on any atom is -0.489 e. The Morgan fingerprint density at radius 1 is 0.909 bits per heavy atom. The molecule has 0 fully saturated rings. The number of aromatic nitrogens is 1. The second-order valence-corrected chi connectivity index (χ2v) is 12.6. The summed E-state index contributed by atoms with van der Waals surface area (Å²) < 4.78 is 44.7. The van der Waals surface area contributed by atoms with Gasteiger partial charge in [0.2, 0.25) is 0 Å². The highest BCUT2D eigenvalue weighted by atomic mass is 32.2. The average molecular weight is 629 g/mol. The van der Waals surface area contributed by atoms with Crippen LogP contribution in [0.2, 0.25) is 0 Å². The van der Waals surface area contributed by atoms with Gasteiger partial charge in [-0.05, 0) is 67.1 Å². The van der Waals surface area contributed by atoms with Gasteiger partial charge in [0, 0.05) is 22.7 Å². The van der Waals surface area contributed by atoms with Gasteiger partial charge in [0.05, 0.1) is 17.0 Å². The molecule has 0 unspecified atom stereocenters. The Morgan fingerprint density at radius 3 is 2.16 bits per heavy atom. The van der Waals surface area contributed by atoms with Crippen molar-refractivity contribution in [3.63, 3.8) is 0 Å². The van der Waals surface area contributed by atoms with Gasteiger partial charge in [0.15, 0.2) is 5.69 Å². The zero-order valence-corrected chi connectivity index (χ0v) is 26.9. The summed E-state index contributed by atoms with van der Waals surface area (Å²) in [5, 5.41) is 0.508. The van der Waals surface area contributed by atoms with E-state index in [1.807, 2.05) is 48.5 Å². The van der Waals surface area contributed by atoms with E-state index in [4.69, 9.17) is 9.47 Å². The number of hydrogen-bond acceptors (Lipinski definition) is 7. The lowest BCUT2D eigenvalue weighted by molar-refractivity contribution is 0.0519. The summed E-state index contributed by atoms with van der Waals surface area (Å²) in [7, 11) is -4.21. The van der Waals surface area contributed by atoms with Crippen molar-refractivity contribution in [2.24, 2.45) is 10.3 Å². The number of nitrogens with zero attached hydrogens (tertiary/aromatic N) is 2. The van der Waals surface area contributed by atoms with E-state index in [2.05, 4.69) is 38.0 Å². The Balaban J connectivity index is 0.00000104. The molecule has 228 valence electrons. The summed E-state index contributed by atoms with van der Waals surface area (Å²) in [6.07, 6.45) is 1.54. The molecule has 5 aromatic rings. The lowest BCUT2D eigenvalue weighted by atomic mass is 9.97. The summed E-state index contributed by atoms with van der Waals surface area (Å²) in [6.45, 7) is 8.56. The van der Waals surface area contributed by atoms with Gasteiger partial charge >= 0.3 is 5.97 Å². The molecule has 0 bridgehead atoms. The van der Waals surface area contributed by atoms with Crippen molar-refractivity contribution in [1.29, 1.82) is 0 Å². The predicted octanol–water partition coefficient (Wildman–Crippen LogP) is 8.23. The first-order valence-corrected chi connectivity index (χ1v) is 16.1. The molecule has 0 amide bonds. The molecule has 5 rings (SSSR count). The quantitative estimate of drug-likeness (QED) is 0.101. The van der Waals surface area contributed by atoms with E-state index in [1.165, 1.54) is 18.3 Å². The number of carbonyl (C=O) groups excluding carboxylic acids is 1. The molecule has 0 saturated carbocycles. The van der Waals surface area contributed by atoms with Crippen LogP contribution in [0.25, 0.3) is 22.0 Å². The average Bonchev–Trinajstić information content (AvgIpc) is 3.36. The topological polar surface area (TPSA) is 87.0 Å². The van der Waals surface area contributed by atoms with Crippen LogP contribution in [0.4, 0.5) is 0 Å². The van der Waals surface area contributed by atoms with Crippen LogP contribution in [0, 0.1) is 5.92 Å². The van der Waals surface area contributed by atoms with E-state index >= 15 is 0 Å². The fraction of sp³-hybridized carbons (Fsp3) is 0.200. The fourth-order valence-electron chi connectivity index (χ4n) is 4.58. The van der Waals surface area contributed by atoms with Crippen LogP contribution >= 0.6 is 12.8 Å². The largest absolute Gasteiger partial charge is 0.489 e. The van der Waals surface area contributed by atoms with Crippen molar-refractivity contribution in [3.8, 4) is 16.9 Å². The van der Waals surface area contributed by atoms with E-state index in [-0.39, 0.29) is 17.2 Å². The molecule has 1 heterocycles. The SMILES string of the molecule is CC(C)C.CCOC(=O)c1c(-c2ccccc2/C=N\S)c2cc(OCc3ccccc3)ccc2n1S(=O)(=O)c1ccccc1. The van der Waals surface area contributed by atoms with Crippen LogP contribution in [-0.2, 0) is 21.4 Å². The van der Waals surface area contributed by atoms with E-state index in [0.29, 0.717) is 39.9 Å². The van der Waals surface area contributed by atoms with Gasteiger partial charge in [0.25, 0.3) is 10.0 Å². The molecule has 0 atom stereocenters. The minimum absolute atomic E-state index is 0.0404. The van der Waals surface area contributed by atoms with Crippen molar-refractivity contribution in [2.75, 3.05) is 6.61 Å². The summed E-state index contributed by atoms with van der Waals surface area (Å²) in [6, 6.07) is 30.1. The van der Waals surface area contributed by atoms with Crippen molar-refractivity contribution in [1.82, 2.24) is 3.97 Å². The van der Waals surface area contributed by atoms with Gasteiger partial charge in [-0.3, -0.25) is 0 Å². The van der Waals surface area contributed by atoms with Crippen LogP contribution in [0.1, 0.15) is 49.3 Å². The standard InChI is InChI=1S/C31H26N2O5S2.C4H10/c1-2-37-31(34)30-29(26-16-10-9-13-23(26)20-32-39)27-19-24(38-21-22-11-5-3-6-12-22)17-18-28(27)33(30)40(35,36)25-14-7-4-8-15-25;1-4(2)3/h3-20,39H,2,21H2,1H3;4H,1-3H3/b32-20-;. The van der Waals surface area contributed by atoms with E-state index in [0.717, 1.165) is 15.5 Å². The molecule has 1 aromatic heterocycles. The van der Waals surface area contributed by atoms with Crippen LogP contribution in [-0.4, -0.2) is 31.2 Å². The smallest absolute Gasteiger partial charge is 0.356 e. The zero-order valence-electron chi connectivity index (χ0n) is 25.2. The Morgan fingerprint density at radius 2 is 1.52 bits per heavy atom. The Kier molecular flexibility index (Phi) is 11.0. The van der Waals surface area contributed by atoms with E-state index < -0.39 is 16.0 Å². The summed E-state index contributed by atoms with van der Waals surface area (Å²) in [5.74, 6) is 0.584. The van der Waals surface area contributed by atoms with E-state index in [1.54, 1.807) is 49.4 Å². The molecule has 44 heavy (non-hydrogen) atoms. The van der Waals surface area contributed by atoms with Crippen LogP contribution in [0.5, 0.6) is 5.75 Å². The van der Waals surface area contributed by atoms with Crippen LogP contribution in [0.15, 0.2) is 112 Å². The summed E-state index contributed by atoms with van der Waals surface area (Å²) in [5.41, 5.74) is 2.81. The first kappa shape index (κ1) is 32.6. The number of rotatable bonds is 9. The molecule has 0 radical (unpaired) electrons. The highest BCUT2D eigenvalue weighted by molar-refractivity contribution is 7.90. The van der Waals surface area contributed by atoms with Crippen molar-refractivity contribution in [3.05, 3.63) is 120 Å². The van der Waals surface area contributed by atoms with E-state index in [9.17, 15) is 13.2 Å². The third-order valence-electron chi connectivity index (χ3n) is 6.32. The number of esters is 1. The van der Waals surface area contributed by atoms with Gasteiger partial charge in [-0.25, -0.2) is 21.6 Å². The molecule has 0 aliphatic heterocycles. The van der Waals surface area contributed by atoms with Crippen LogP contribution in [0.3, 0.4) is 0 Å². The number of hydrogen-bond donors (Lipinski definition) is 1. The Hall–Kier alpha value is -4.34. The number of fused-ring (bicyclic) bond motifs is 1. The highest BCUT2D eigenvalue weighted by Gasteiger charge is 2.33. The number of thiol groups is 1. The number of benzene rings is 4. The lowest BCUT2D eigenvalue weighted by Crippen LogP contribution is -2.20. The lowest BCUT2D eigenvalue weighted by Gasteiger charge is -2.13. The fourth-order valence-corrected chi connectivity index (χ4v) is 6.24. The second kappa shape index (κ2) is 14.9. The number of ether oxygens (including phenoxy) is 2. The second-order valence-electron chi connectivity index (χ2n) is 10.5. The molecule has 0 saturated heterocycles. The van der Waals surface area contributed by atoms with Gasteiger partial charge in [-0.2, -0.15) is 0 Å². The molecule has 0 aliphatic carbocycles. The van der Waals surface area contributed by atoms with Crippen molar-refractivity contribution >= 4 is 45.9 Å². The third kappa shape index (κ3) is 7.41. The molecule has 7 nitrogen and oxygen atoms in total. The monoisotopic (exact) mass is 628 g/mol. The number of carbonyl (C=O) groups is 1. The maximum atomic E-state index is 14.1. The molecule has 0 spiro atoms. The van der Waals surface area contributed by atoms with Gasteiger partial charge in [-0.15, -0.1) is 0 Å². The highest BCUT2D eigenvalue weighted by Crippen LogP contribution is 2.40. The van der Waals surface area contributed by atoms with Gasteiger partial charge < -0.3 is 9.47 Å². The predicted molar refractivity (Wildman–Crippen MR) is 180 cm³/mol. The van der Waals surface area contributed by atoms with Crippen LogP contribution < -0.4 is 4.74 Å². The molecule has 9 heteroatoms. The summed E-state index contributed by atoms with van der Waals surface area (Å²) in [4.78, 5) is 13.6. The van der Waals surface area contributed by atoms with Gasteiger partial charge in [-0.1, -0.05) is 93.6 Å². The molecule has 4 aromatic carbocycles. The normalized spacial score (nSPS) is 11.4. The molecular formula is C35H36N2O5S2. The first-order chi connectivity index (χ1) is 21.2. The van der Waals surface area contributed by atoms with Gasteiger partial charge in [0.1, 0.15) is 12.4 Å². The maximum Gasteiger partial charge on any atom is 0.356 e. The first-order valence-electron chi connectivity index (χ1n) is 14.3. The summed E-state index contributed by atoms with van der Waals surface area (Å²) >= 11 is 4.00. The zero-order chi connectivity index (χ0) is 31.7. The molecule has 0 aliphatic rings.